The maximum atomic E-state index is 11.1. The average molecular weight is 297 g/mol. The van der Waals surface area contributed by atoms with Gasteiger partial charge in [0.05, 0.1) is 0 Å². The number of halogens is 1. The molecule has 0 unspecified atom stereocenters. The van der Waals surface area contributed by atoms with Gasteiger partial charge >= 0.3 is 0 Å². The van der Waals surface area contributed by atoms with Crippen LogP contribution in [0.3, 0.4) is 0 Å². The Bertz CT molecular complexity index is 425. The smallest absolute Gasteiger partial charge is 0.220 e. The SMILES string of the molecule is Cc1cc(Br)ccc1N1CCC(C(N)=O)CC1. The molecule has 1 aromatic rings. The highest BCUT2D eigenvalue weighted by molar-refractivity contribution is 9.10. The number of primary amides is 1. The number of amides is 1. The Hall–Kier alpha value is -1.03. The lowest BCUT2D eigenvalue weighted by Crippen LogP contribution is -2.38. The first-order valence-corrected chi connectivity index (χ1v) is 6.67. The second-order valence-corrected chi connectivity index (χ2v) is 5.51. The molecule has 1 aliphatic heterocycles. The van der Waals surface area contributed by atoms with E-state index in [-0.39, 0.29) is 11.8 Å². The minimum Gasteiger partial charge on any atom is -0.371 e. The van der Waals surface area contributed by atoms with Gasteiger partial charge in [-0.25, -0.2) is 0 Å². The third-order valence-electron chi connectivity index (χ3n) is 3.40. The number of nitrogens with zero attached hydrogens (tertiary/aromatic N) is 1. The summed E-state index contributed by atoms with van der Waals surface area (Å²) in [5.41, 5.74) is 7.86. The molecule has 2 N–H and O–H groups in total. The van der Waals surface area contributed by atoms with Gasteiger partial charge in [-0.1, -0.05) is 15.9 Å². The van der Waals surface area contributed by atoms with Crippen molar-refractivity contribution in [2.45, 2.75) is 19.8 Å². The maximum absolute atomic E-state index is 11.1. The van der Waals surface area contributed by atoms with E-state index in [2.05, 4.69) is 46.0 Å². The zero-order valence-corrected chi connectivity index (χ0v) is 11.5. The molecule has 1 fully saturated rings. The van der Waals surface area contributed by atoms with E-state index in [0.717, 1.165) is 30.4 Å². The molecule has 17 heavy (non-hydrogen) atoms. The standard InChI is InChI=1S/C13H17BrN2O/c1-9-8-11(14)2-3-12(9)16-6-4-10(5-7-16)13(15)17/h2-3,8,10H,4-7H2,1H3,(H2,15,17). The summed E-state index contributed by atoms with van der Waals surface area (Å²) >= 11 is 3.47. The van der Waals surface area contributed by atoms with E-state index in [0.29, 0.717) is 0 Å². The van der Waals surface area contributed by atoms with Crippen molar-refractivity contribution < 1.29 is 4.79 Å². The van der Waals surface area contributed by atoms with Crippen molar-refractivity contribution in [2.75, 3.05) is 18.0 Å². The van der Waals surface area contributed by atoms with Crippen LogP contribution in [0.1, 0.15) is 18.4 Å². The zero-order chi connectivity index (χ0) is 12.4. The summed E-state index contributed by atoms with van der Waals surface area (Å²) < 4.78 is 1.10. The van der Waals surface area contributed by atoms with Crippen molar-refractivity contribution in [2.24, 2.45) is 11.7 Å². The molecule has 3 nitrogen and oxygen atoms in total. The molecule has 1 saturated heterocycles. The molecule has 92 valence electrons. The van der Waals surface area contributed by atoms with Crippen molar-refractivity contribution in [3.8, 4) is 0 Å². The van der Waals surface area contributed by atoms with Crippen LogP contribution in [0.25, 0.3) is 0 Å². The first-order valence-electron chi connectivity index (χ1n) is 5.88. The summed E-state index contributed by atoms with van der Waals surface area (Å²) in [4.78, 5) is 13.4. The van der Waals surface area contributed by atoms with E-state index in [1.54, 1.807) is 0 Å². The van der Waals surface area contributed by atoms with Crippen LogP contribution < -0.4 is 10.6 Å². The highest BCUT2D eigenvalue weighted by Crippen LogP contribution is 2.27. The van der Waals surface area contributed by atoms with Gasteiger partial charge in [0.2, 0.25) is 5.91 Å². The van der Waals surface area contributed by atoms with Crippen molar-refractivity contribution in [1.29, 1.82) is 0 Å². The number of anilines is 1. The number of piperidine rings is 1. The van der Waals surface area contributed by atoms with Gasteiger partial charge in [-0.15, -0.1) is 0 Å². The Balaban J connectivity index is 2.08. The van der Waals surface area contributed by atoms with Gasteiger partial charge in [0.25, 0.3) is 0 Å². The van der Waals surface area contributed by atoms with Crippen LogP contribution in [0.5, 0.6) is 0 Å². The molecule has 0 atom stereocenters. The predicted molar refractivity (Wildman–Crippen MR) is 73.0 cm³/mol. The van der Waals surface area contributed by atoms with E-state index < -0.39 is 0 Å². The van der Waals surface area contributed by atoms with E-state index >= 15 is 0 Å². The lowest BCUT2D eigenvalue weighted by Gasteiger charge is -2.33. The minimum atomic E-state index is -0.155. The fourth-order valence-electron chi connectivity index (χ4n) is 2.38. The van der Waals surface area contributed by atoms with Crippen LogP contribution in [0.15, 0.2) is 22.7 Å². The first kappa shape index (κ1) is 12.4. The Morgan fingerprint density at radius 3 is 2.59 bits per heavy atom. The normalized spacial score (nSPS) is 17.2. The summed E-state index contributed by atoms with van der Waals surface area (Å²) in [6.07, 6.45) is 1.73. The van der Waals surface area contributed by atoms with E-state index in [9.17, 15) is 4.79 Å². The summed E-state index contributed by atoms with van der Waals surface area (Å²) in [5.74, 6) is -0.0980. The van der Waals surface area contributed by atoms with Gasteiger partial charge in [0.1, 0.15) is 0 Å². The Morgan fingerprint density at radius 1 is 1.41 bits per heavy atom. The van der Waals surface area contributed by atoms with Crippen LogP contribution in [0, 0.1) is 12.8 Å². The number of rotatable bonds is 2. The molecular weight excluding hydrogens is 280 g/mol. The molecule has 1 heterocycles. The van der Waals surface area contributed by atoms with Gasteiger partial charge in [0, 0.05) is 29.2 Å². The first-order chi connectivity index (χ1) is 8.08. The van der Waals surface area contributed by atoms with Crippen LogP contribution in [-0.2, 0) is 4.79 Å². The van der Waals surface area contributed by atoms with E-state index in [1.165, 1.54) is 11.3 Å². The molecular formula is C13H17BrN2O. The zero-order valence-electron chi connectivity index (χ0n) is 9.95. The quantitative estimate of drug-likeness (QED) is 0.911. The minimum absolute atomic E-state index is 0.0574. The number of carbonyl (C=O) groups is 1. The molecule has 1 aromatic carbocycles. The molecule has 2 rings (SSSR count). The molecule has 0 spiro atoms. The number of carbonyl (C=O) groups excluding carboxylic acids is 1. The summed E-state index contributed by atoms with van der Waals surface area (Å²) in [7, 11) is 0. The van der Waals surface area contributed by atoms with E-state index in [1.807, 2.05) is 0 Å². The lowest BCUT2D eigenvalue weighted by atomic mass is 9.95. The van der Waals surface area contributed by atoms with Crippen LogP contribution in [0.2, 0.25) is 0 Å². The third kappa shape index (κ3) is 2.80. The average Bonchev–Trinajstić information content (AvgIpc) is 2.29. The highest BCUT2D eigenvalue weighted by Gasteiger charge is 2.23. The number of hydrogen-bond acceptors (Lipinski definition) is 2. The van der Waals surface area contributed by atoms with Gasteiger partial charge in [-0.05, 0) is 43.5 Å². The molecule has 1 aliphatic rings. The molecule has 0 aromatic heterocycles. The number of hydrogen-bond donors (Lipinski definition) is 1. The second kappa shape index (κ2) is 5.08. The summed E-state index contributed by atoms with van der Waals surface area (Å²) in [6, 6.07) is 6.31. The topological polar surface area (TPSA) is 46.3 Å². The van der Waals surface area contributed by atoms with E-state index in [4.69, 9.17) is 5.73 Å². The Kier molecular flexibility index (Phi) is 3.72. The van der Waals surface area contributed by atoms with Crippen molar-refractivity contribution in [3.05, 3.63) is 28.2 Å². The monoisotopic (exact) mass is 296 g/mol. The fraction of sp³-hybridized carbons (Fsp3) is 0.462. The maximum Gasteiger partial charge on any atom is 0.220 e. The number of nitrogens with two attached hydrogens (primary N) is 1. The molecule has 4 heteroatoms. The Morgan fingerprint density at radius 2 is 2.06 bits per heavy atom. The lowest BCUT2D eigenvalue weighted by molar-refractivity contribution is -0.122. The molecule has 0 bridgehead atoms. The number of aryl methyl sites for hydroxylation is 1. The molecule has 0 radical (unpaired) electrons. The molecule has 1 amide bonds. The van der Waals surface area contributed by atoms with Gasteiger partial charge < -0.3 is 10.6 Å². The molecule has 0 aliphatic carbocycles. The van der Waals surface area contributed by atoms with Crippen molar-refractivity contribution in [3.63, 3.8) is 0 Å². The third-order valence-corrected chi connectivity index (χ3v) is 3.89. The highest BCUT2D eigenvalue weighted by atomic mass is 79.9. The van der Waals surface area contributed by atoms with Gasteiger partial charge in [-0.3, -0.25) is 4.79 Å². The second-order valence-electron chi connectivity index (χ2n) is 4.59. The predicted octanol–water partition coefficient (Wildman–Crippen LogP) is 2.46. The largest absolute Gasteiger partial charge is 0.371 e. The fourth-order valence-corrected chi connectivity index (χ4v) is 2.85. The van der Waals surface area contributed by atoms with Gasteiger partial charge in [0.15, 0.2) is 0 Å². The van der Waals surface area contributed by atoms with Crippen molar-refractivity contribution >= 4 is 27.5 Å². The van der Waals surface area contributed by atoms with Crippen molar-refractivity contribution in [1.82, 2.24) is 0 Å². The molecule has 0 saturated carbocycles. The van der Waals surface area contributed by atoms with Gasteiger partial charge in [-0.2, -0.15) is 0 Å². The van der Waals surface area contributed by atoms with Crippen LogP contribution in [0.4, 0.5) is 5.69 Å². The summed E-state index contributed by atoms with van der Waals surface area (Å²) in [5, 5.41) is 0. The summed E-state index contributed by atoms with van der Waals surface area (Å²) in [6.45, 7) is 3.94. The Labute approximate surface area is 110 Å². The van der Waals surface area contributed by atoms with Crippen LogP contribution in [-0.4, -0.2) is 19.0 Å². The number of benzene rings is 1. The van der Waals surface area contributed by atoms with Crippen LogP contribution >= 0.6 is 15.9 Å².